The Morgan fingerprint density at radius 1 is 1.16 bits per heavy atom. The lowest BCUT2D eigenvalue weighted by Crippen LogP contribution is -2.12. The van der Waals surface area contributed by atoms with E-state index in [1.807, 2.05) is 73.1 Å². The van der Waals surface area contributed by atoms with Gasteiger partial charge in [0.2, 0.25) is 0 Å². The van der Waals surface area contributed by atoms with Gasteiger partial charge in [0.15, 0.2) is 0 Å². The molecule has 3 aromatic heterocycles. The molecule has 7 heteroatoms. The van der Waals surface area contributed by atoms with Crippen LogP contribution in [0.1, 0.15) is 33.0 Å². The second-order valence-corrected chi connectivity index (χ2v) is 7.72. The number of anilines is 2. The molecule has 7 nitrogen and oxygen atoms in total. The number of benzene rings is 1. The number of pyridine rings is 2. The lowest BCUT2D eigenvalue weighted by atomic mass is 10.0. The zero-order valence-electron chi connectivity index (χ0n) is 17.5. The summed E-state index contributed by atoms with van der Waals surface area (Å²) in [5.41, 5.74) is 6.51. The van der Waals surface area contributed by atoms with Crippen molar-refractivity contribution in [3.63, 3.8) is 0 Å². The zero-order valence-corrected chi connectivity index (χ0v) is 17.5. The SMILES string of the molecule is Cc1cccc(N(C)c2cccc3c(C4=Cc5nccc(C(=O)O)c5C4)n(C)nc23)n1. The normalized spacial score (nSPS) is 12.7. The Kier molecular flexibility index (Phi) is 4.32. The molecule has 31 heavy (non-hydrogen) atoms. The molecule has 0 radical (unpaired) electrons. The largest absolute Gasteiger partial charge is 0.478 e. The monoisotopic (exact) mass is 411 g/mol. The van der Waals surface area contributed by atoms with Crippen LogP contribution in [0.3, 0.4) is 0 Å². The van der Waals surface area contributed by atoms with Gasteiger partial charge in [-0.05, 0) is 48.4 Å². The number of carboxylic acids is 1. The van der Waals surface area contributed by atoms with Gasteiger partial charge in [-0.1, -0.05) is 18.2 Å². The number of carbonyl (C=O) groups is 1. The van der Waals surface area contributed by atoms with E-state index in [1.165, 1.54) is 0 Å². The lowest BCUT2D eigenvalue weighted by Gasteiger charge is -2.19. The van der Waals surface area contributed by atoms with Crippen LogP contribution in [0.25, 0.3) is 22.6 Å². The highest BCUT2D eigenvalue weighted by molar-refractivity contribution is 6.03. The van der Waals surface area contributed by atoms with Crippen LogP contribution < -0.4 is 4.90 Å². The molecule has 0 atom stereocenters. The molecular formula is C24H21N5O2. The van der Waals surface area contributed by atoms with E-state index in [0.29, 0.717) is 17.7 Å². The number of allylic oxidation sites excluding steroid dienone is 1. The lowest BCUT2D eigenvalue weighted by molar-refractivity contribution is 0.0695. The molecule has 5 rings (SSSR count). The van der Waals surface area contributed by atoms with E-state index in [1.54, 1.807) is 12.3 Å². The Bertz CT molecular complexity index is 1390. The smallest absolute Gasteiger partial charge is 0.336 e. The van der Waals surface area contributed by atoms with Gasteiger partial charge in [-0.3, -0.25) is 9.67 Å². The van der Waals surface area contributed by atoms with Crippen molar-refractivity contribution >= 4 is 40.0 Å². The van der Waals surface area contributed by atoms with Crippen molar-refractivity contribution in [2.24, 2.45) is 7.05 Å². The number of nitrogens with zero attached hydrogens (tertiary/aromatic N) is 5. The molecule has 1 N–H and O–H groups in total. The van der Waals surface area contributed by atoms with Gasteiger partial charge in [0.25, 0.3) is 0 Å². The highest BCUT2D eigenvalue weighted by Crippen LogP contribution is 2.38. The zero-order chi connectivity index (χ0) is 21.7. The van der Waals surface area contributed by atoms with Gasteiger partial charge in [-0.25, -0.2) is 9.78 Å². The maximum absolute atomic E-state index is 11.6. The minimum atomic E-state index is -0.933. The van der Waals surface area contributed by atoms with E-state index in [0.717, 1.165) is 44.9 Å². The quantitative estimate of drug-likeness (QED) is 0.541. The van der Waals surface area contributed by atoms with Crippen molar-refractivity contribution in [2.45, 2.75) is 13.3 Å². The summed E-state index contributed by atoms with van der Waals surface area (Å²) in [5, 5.41) is 15.4. The third-order valence-electron chi connectivity index (χ3n) is 5.72. The van der Waals surface area contributed by atoms with Crippen molar-refractivity contribution in [3.8, 4) is 0 Å². The standard InChI is InChI=1S/C24H21N5O2/c1-14-6-4-9-21(26-14)28(2)20-8-5-7-17-22(20)27-29(3)23(17)15-12-18-16(24(30)31)10-11-25-19(18)13-15/h4-11,13H,12H2,1-3H3,(H,30,31). The maximum Gasteiger partial charge on any atom is 0.336 e. The average molecular weight is 411 g/mol. The first kappa shape index (κ1) is 19.0. The van der Waals surface area contributed by atoms with Crippen molar-refractivity contribution in [2.75, 3.05) is 11.9 Å². The fraction of sp³-hybridized carbons (Fsp3) is 0.167. The molecule has 0 spiro atoms. The molecule has 0 amide bonds. The first-order valence-electron chi connectivity index (χ1n) is 9.99. The first-order chi connectivity index (χ1) is 14.9. The van der Waals surface area contributed by atoms with Crippen molar-refractivity contribution in [1.29, 1.82) is 0 Å². The fourth-order valence-electron chi connectivity index (χ4n) is 4.27. The molecule has 0 saturated heterocycles. The molecule has 0 saturated carbocycles. The minimum Gasteiger partial charge on any atom is -0.478 e. The van der Waals surface area contributed by atoms with Gasteiger partial charge in [-0.15, -0.1) is 0 Å². The van der Waals surface area contributed by atoms with Crippen LogP contribution in [0, 0.1) is 6.92 Å². The molecule has 0 unspecified atom stereocenters. The highest BCUT2D eigenvalue weighted by atomic mass is 16.4. The predicted molar refractivity (Wildman–Crippen MR) is 121 cm³/mol. The Labute approximate surface area is 179 Å². The van der Waals surface area contributed by atoms with Gasteiger partial charge in [0, 0.05) is 37.8 Å². The molecule has 0 bridgehead atoms. The number of rotatable bonds is 4. The number of hydrogen-bond acceptors (Lipinski definition) is 5. The van der Waals surface area contributed by atoms with Crippen LogP contribution >= 0.6 is 0 Å². The van der Waals surface area contributed by atoms with Crippen LogP contribution in [-0.4, -0.2) is 37.9 Å². The van der Waals surface area contributed by atoms with E-state index in [2.05, 4.69) is 9.97 Å². The second kappa shape index (κ2) is 7.05. The van der Waals surface area contributed by atoms with Crippen molar-refractivity contribution in [1.82, 2.24) is 19.7 Å². The molecule has 1 aliphatic carbocycles. The maximum atomic E-state index is 11.6. The number of aromatic carboxylic acids is 1. The first-order valence-corrected chi connectivity index (χ1v) is 9.99. The fourth-order valence-corrected chi connectivity index (χ4v) is 4.27. The number of carboxylic acid groups (broad SMARTS) is 1. The van der Waals surface area contributed by atoms with Gasteiger partial charge in [0.1, 0.15) is 11.3 Å². The third kappa shape index (κ3) is 3.06. The van der Waals surface area contributed by atoms with E-state index in [4.69, 9.17) is 5.10 Å². The van der Waals surface area contributed by atoms with E-state index in [9.17, 15) is 9.90 Å². The van der Waals surface area contributed by atoms with Gasteiger partial charge >= 0.3 is 5.97 Å². The summed E-state index contributed by atoms with van der Waals surface area (Å²) in [5.74, 6) is -0.0831. The summed E-state index contributed by atoms with van der Waals surface area (Å²) in [6.45, 7) is 1.97. The summed E-state index contributed by atoms with van der Waals surface area (Å²) in [7, 11) is 3.90. The second-order valence-electron chi connectivity index (χ2n) is 7.72. The van der Waals surface area contributed by atoms with E-state index >= 15 is 0 Å². The third-order valence-corrected chi connectivity index (χ3v) is 5.72. The molecule has 1 aliphatic rings. The Balaban J connectivity index is 1.61. The van der Waals surface area contributed by atoms with Crippen LogP contribution in [-0.2, 0) is 13.5 Å². The van der Waals surface area contributed by atoms with Crippen molar-refractivity contribution in [3.05, 3.63) is 76.9 Å². The Morgan fingerprint density at radius 3 is 2.74 bits per heavy atom. The summed E-state index contributed by atoms with van der Waals surface area (Å²) in [6, 6.07) is 13.6. The predicted octanol–water partition coefficient (Wildman–Crippen LogP) is 4.23. The van der Waals surface area contributed by atoms with Gasteiger partial charge < -0.3 is 10.0 Å². The minimum absolute atomic E-state index is 0.300. The van der Waals surface area contributed by atoms with Crippen LogP contribution in [0.4, 0.5) is 11.5 Å². The Morgan fingerprint density at radius 2 is 1.97 bits per heavy atom. The molecule has 0 aliphatic heterocycles. The van der Waals surface area contributed by atoms with Crippen molar-refractivity contribution < 1.29 is 9.90 Å². The molecule has 1 aromatic carbocycles. The van der Waals surface area contributed by atoms with E-state index in [-0.39, 0.29) is 0 Å². The highest BCUT2D eigenvalue weighted by Gasteiger charge is 2.25. The van der Waals surface area contributed by atoms with Gasteiger partial charge in [0.05, 0.1) is 22.6 Å². The number of hydrogen-bond donors (Lipinski definition) is 1. The molecule has 0 fully saturated rings. The molecular weight excluding hydrogens is 390 g/mol. The van der Waals surface area contributed by atoms with Crippen LogP contribution in [0.15, 0.2) is 48.7 Å². The topological polar surface area (TPSA) is 84.1 Å². The molecule has 3 heterocycles. The summed E-state index contributed by atoms with van der Waals surface area (Å²) in [4.78, 5) is 22.7. The summed E-state index contributed by atoms with van der Waals surface area (Å²) >= 11 is 0. The summed E-state index contributed by atoms with van der Waals surface area (Å²) in [6.07, 6.45) is 4.03. The molecule has 154 valence electrons. The Hall–Kier alpha value is -4.00. The van der Waals surface area contributed by atoms with Crippen LogP contribution in [0.5, 0.6) is 0 Å². The average Bonchev–Trinajstić information content (AvgIpc) is 3.32. The van der Waals surface area contributed by atoms with E-state index < -0.39 is 5.97 Å². The summed E-state index contributed by atoms with van der Waals surface area (Å²) < 4.78 is 1.86. The number of fused-ring (bicyclic) bond motifs is 2. The van der Waals surface area contributed by atoms with Crippen LogP contribution in [0.2, 0.25) is 0 Å². The number of aromatic nitrogens is 4. The molecule has 4 aromatic rings. The number of aryl methyl sites for hydroxylation is 2. The van der Waals surface area contributed by atoms with Gasteiger partial charge in [-0.2, -0.15) is 5.10 Å².